The normalized spacial score (nSPS) is 14.8. The summed E-state index contributed by atoms with van der Waals surface area (Å²) in [6.07, 6.45) is 3.04. The van der Waals surface area contributed by atoms with Crippen LogP contribution in [-0.4, -0.2) is 44.7 Å². The number of amides is 1. The molecule has 2 rings (SSSR count). The Bertz CT molecular complexity index is 564. The minimum absolute atomic E-state index is 0. The van der Waals surface area contributed by atoms with Crippen molar-refractivity contribution in [2.75, 3.05) is 32.8 Å². The Balaban J connectivity index is 0.00000364. The number of benzene rings is 1. The third-order valence-corrected chi connectivity index (χ3v) is 4.22. The van der Waals surface area contributed by atoms with Gasteiger partial charge in [-0.3, -0.25) is 9.79 Å². The standard InChI is InChI=1S/C20H32N4O2.HI/c1-3-21-20(24-14-13-22-19(25)18-10-11-18)23-12-7-15-26-16(2)17-8-5-4-6-9-17;/h4-6,8-9,16,18H,3,7,10-15H2,1-2H3,(H,22,25)(H2,21,23,24);1H. The average Bonchev–Trinajstić information content (AvgIpc) is 3.50. The van der Waals surface area contributed by atoms with Gasteiger partial charge in [-0.05, 0) is 38.7 Å². The summed E-state index contributed by atoms with van der Waals surface area (Å²) in [6, 6.07) is 10.2. The molecule has 0 spiro atoms. The second-order valence-corrected chi connectivity index (χ2v) is 6.53. The molecule has 1 aliphatic carbocycles. The smallest absolute Gasteiger partial charge is 0.223 e. The molecule has 0 bridgehead atoms. The maximum absolute atomic E-state index is 11.6. The van der Waals surface area contributed by atoms with Crippen molar-refractivity contribution in [3.05, 3.63) is 35.9 Å². The van der Waals surface area contributed by atoms with Crippen LogP contribution in [0.4, 0.5) is 0 Å². The molecule has 0 aliphatic heterocycles. The molecule has 0 saturated heterocycles. The molecular formula is C20H33IN4O2. The molecule has 1 fully saturated rings. The first kappa shape index (κ1) is 23.7. The Kier molecular flexibility index (Phi) is 12.1. The number of guanidine groups is 1. The average molecular weight is 488 g/mol. The van der Waals surface area contributed by atoms with Crippen LogP contribution in [0.15, 0.2) is 35.3 Å². The fourth-order valence-corrected chi connectivity index (χ4v) is 2.53. The Morgan fingerprint density at radius 2 is 1.89 bits per heavy atom. The van der Waals surface area contributed by atoms with E-state index in [0.717, 1.165) is 31.8 Å². The third-order valence-electron chi connectivity index (χ3n) is 4.22. The number of rotatable bonds is 11. The molecule has 1 aromatic rings. The van der Waals surface area contributed by atoms with Crippen LogP contribution in [0.2, 0.25) is 0 Å². The first-order valence-corrected chi connectivity index (χ1v) is 9.67. The second-order valence-electron chi connectivity index (χ2n) is 6.53. The van der Waals surface area contributed by atoms with Crippen LogP contribution in [0.3, 0.4) is 0 Å². The van der Waals surface area contributed by atoms with E-state index in [2.05, 4.69) is 40.0 Å². The van der Waals surface area contributed by atoms with E-state index in [1.807, 2.05) is 25.1 Å². The largest absolute Gasteiger partial charge is 0.374 e. The number of carbonyl (C=O) groups is 1. The van der Waals surface area contributed by atoms with Gasteiger partial charge in [0, 0.05) is 38.7 Å². The number of halogens is 1. The summed E-state index contributed by atoms with van der Waals surface area (Å²) >= 11 is 0. The van der Waals surface area contributed by atoms with Crippen molar-refractivity contribution >= 4 is 35.8 Å². The zero-order valence-corrected chi connectivity index (χ0v) is 18.7. The number of aliphatic imine (C=N–C) groups is 1. The Morgan fingerprint density at radius 1 is 1.19 bits per heavy atom. The van der Waals surface area contributed by atoms with Gasteiger partial charge in [0.1, 0.15) is 0 Å². The minimum Gasteiger partial charge on any atom is -0.374 e. The van der Waals surface area contributed by atoms with Gasteiger partial charge in [-0.25, -0.2) is 0 Å². The fraction of sp³-hybridized carbons (Fsp3) is 0.600. The van der Waals surface area contributed by atoms with Crippen molar-refractivity contribution in [1.29, 1.82) is 0 Å². The highest BCUT2D eigenvalue weighted by Crippen LogP contribution is 2.28. The zero-order valence-electron chi connectivity index (χ0n) is 16.4. The van der Waals surface area contributed by atoms with Crippen LogP contribution >= 0.6 is 24.0 Å². The topological polar surface area (TPSA) is 74.8 Å². The first-order valence-electron chi connectivity index (χ1n) is 9.67. The summed E-state index contributed by atoms with van der Waals surface area (Å²) in [4.78, 5) is 16.1. The highest BCUT2D eigenvalue weighted by atomic mass is 127. The van der Waals surface area contributed by atoms with Gasteiger partial charge in [0.25, 0.3) is 0 Å². The summed E-state index contributed by atoms with van der Waals surface area (Å²) in [5.74, 6) is 1.22. The van der Waals surface area contributed by atoms with Gasteiger partial charge in [-0.2, -0.15) is 0 Å². The van der Waals surface area contributed by atoms with Gasteiger partial charge < -0.3 is 20.7 Å². The van der Waals surface area contributed by atoms with E-state index in [0.29, 0.717) is 26.2 Å². The van der Waals surface area contributed by atoms with Crippen LogP contribution in [0.1, 0.15) is 44.8 Å². The summed E-state index contributed by atoms with van der Waals surface area (Å²) < 4.78 is 5.87. The summed E-state index contributed by atoms with van der Waals surface area (Å²) in [5, 5.41) is 9.40. The highest BCUT2D eigenvalue weighted by Gasteiger charge is 2.28. The Hall–Kier alpha value is -1.35. The van der Waals surface area contributed by atoms with E-state index in [-0.39, 0.29) is 41.9 Å². The SMILES string of the molecule is CCNC(=NCCCOC(C)c1ccccc1)NCCNC(=O)C1CC1.I. The van der Waals surface area contributed by atoms with Gasteiger partial charge in [-0.1, -0.05) is 30.3 Å². The monoisotopic (exact) mass is 488 g/mol. The second kappa shape index (κ2) is 13.8. The number of ether oxygens (including phenoxy) is 1. The quantitative estimate of drug-likeness (QED) is 0.194. The molecule has 1 unspecified atom stereocenters. The van der Waals surface area contributed by atoms with E-state index in [4.69, 9.17) is 4.74 Å². The number of nitrogens with one attached hydrogen (secondary N) is 3. The van der Waals surface area contributed by atoms with Crippen molar-refractivity contribution in [2.24, 2.45) is 10.9 Å². The van der Waals surface area contributed by atoms with Crippen LogP contribution in [-0.2, 0) is 9.53 Å². The first-order chi connectivity index (χ1) is 12.7. The maximum Gasteiger partial charge on any atom is 0.223 e. The zero-order chi connectivity index (χ0) is 18.6. The molecule has 1 amide bonds. The predicted octanol–water partition coefficient (Wildman–Crippen LogP) is 2.85. The molecule has 1 atom stereocenters. The molecule has 1 aromatic carbocycles. The maximum atomic E-state index is 11.6. The van der Waals surface area contributed by atoms with Gasteiger partial charge in [0.2, 0.25) is 5.91 Å². The highest BCUT2D eigenvalue weighted by molar-refractivity contribution is 14.0. The summed E-state index contributed by atoms with van der Waals surface area (Å²) in [7, 11) is 0. The molecule has 152 valence electrons. The molecule has 0 aromatic heterocycles. The molecule has 0 heterocycles. The Labute approximate surface area is 179 Å². The molecule has 0 radical (unpaired) electrons. The van der Waals surface area contributed by atoms with Gasteiger partial charge in [-0.15, -0.1) is 24.0 Å². The molecule has 3 N–H and O–H groups in total. The summed E-state index contributed by atoms with van der Waals surface area (Å²) in [5.41, 5.74) is 1.19. The van der Waals surface area contributed by atoms with Gasteiger partial charge in [0.05, 0.1) is 6.10 Å². The lowest BCUT2D eigenvalue weighted by Gasteiger charge is -2.14. The fourth-order valence-electron chi connectivity index (χ4n) is 2.53. The number of hydrogen-bond acceptors (Lipinski definition) is 3. The van der Waals surface area contributed by atoms with Crippen molar-refractivity contribution in [2.45, 2.75) is 39.2 Å². The number of nitrogens with zero attached hydrogens (tertiary/aromatic N) is 1. The van der Waals surface area contributed by atoms with Crippen molar-refractivity contribution in [1.82, 2.24) is 16.0 Å². The van der Waals surface area contributed by atoms with E-state index < -0.39 is 0 Å². The van der Waals surface area contributed by atoms with Crippen LogP contribution < -0.4 is 16.0 Å². The number of carbonyl (C=O) groups excluding carboxylic acids is 1. The molecule has 6 nitrogen and oxygen atoms in total. The number of hydrogen-bond donors (Lipinski definition) is 3. The predicted molar refractivity (Wildman–Crippen MR) is 121 cm³/mol. The lowest BCUT2D eigenvalue weighted by Crippen LogP contribution is -2.41. The third kappa shape index (κ3) is 9.95. The lowest BCUT2D eigenvalue weighted by atomic mass is 10.1. The van der Waals surface area contributed by atoms with E-state index in [9.17, 15) is 4.79 Å². The van der Waals surface area contributed by atoms with Crippen molar-refractivity contribution in [3.63, 3.8) is 0 Å². The molecule has 27 heavy (non-hydrogen) atoms. The molecule has 1 saturated carbocycles. The van der Waals surface area contributed by atoms with Crippen LogP contribution in [0.5, 0.6) is 0 Å². The lowest BCUT2D eigenvalue weighted by molar-refractivity contribution is -0.122. The van der Waals surface area contributed by atoms with E-state index in [1.165, 1.54) is 5.56 Å². The minimum atomic E-state index is 0. The molecule has 1 aliphatic rings. The molecular weight excluding hydrogens is 455 g/mol. The van der Waals surface area contributed by atoms with Crippen molar-refractivity contribution in [3.8, 4) is 0 Å². The van der Waals surface area contributed by atoms with Crippen LogP contribution in [0, 0.1) is 5.92 Å². The van der Waals surface area contributed by atoms with Crippen molar-refractivity contribution < 1.29 is 9.53 Å². The van der Waals surface area contributed by atoms with E-state index >= 15 is 0 Å². The molecule has 7 heteroatoms. The van der Waals surface area contributed by atoms with Crippen LogP contribution in [0.25, 0.3) is 0 Å². The van der Waals surface area contributed by atoms with Gasteiger partial charge >= 0.3 is 0 Å². The summed E-state index contributed by atoms with van der Waals surface area (Å²) in [6.45, 7) is 7.59. The van der Waals surface area contributed by atoms with E-state index in [1.54, 1.807) is 0 Å². The van der Waals surface area contributed by atoms with Gasteiger partial charge in [0.15, 0.2) is 5.96 Å². The Morgan fingerprint density at radius 3 is 2.56 bits per heavy atom.